The van der Waals surface area contributed by atoms with E-state index in [2.05, 4.69) is 10.6 Å². The van der Waals surface area contributed by atoms with Crippen LogP contribution in [0.4, 0.5) is 4.79 Å². The lowest BCUT2D eigenvalue weighted by molar-refractivity contribution is -0.271. The van der Waals surface area contributed by atoms with Gasteiger partial charge in [0.25, 0.3) is 0 Å². The van der Waals surface area contributed by atoms with E-state index in [-0.39, 0.29) is 6.61 Å². The molecule has 0 bridgehead atoms. The molecular formula is C24H30N2O12. The molecule has 0 spiro atoms. The lowest BCUT2D eigenvalue weighted by Gasteiger charge is -2.44. The lowest BCUT2D eigenvalue weighted by Crippen LogP contribution is -2.67. The molecule has 0 saturated carbocycles. The van der Waals surface area contributed by atoms with Gasteiger partial charge in [-0.1, -0.05) is 30.3 Å². The van der Waals surface area contributed by atoms with Gasteiger partial charge in [-0.25, -0.2) is 4.79 Å². The molecule has 2 N–H and O–H groups in total. The Bertz CT molecular complexity index is 1010. The molecule has 5 atom stereocenters. The number of carbonyl (C=O) groups excluding carboxylic acids is 6. The van der Waals surface area contributed by atoms with Crippen molar-refractivity contribution in [2.75, 3.05) is 13.2 Å². The summed E-state index contributed by atoms with van der Waals surface area (Å²) in [6, 6.07) is 7.48. The van der Waals surface area contributed by atoms with E-state index in [0.29, 0.717) is 0 Å². The number of rotatable bonds is 10. The zero-order chi connectivity index (χ0) is 28.2. The highest BCUT2D eigenvalue weighted by molar-refractivity contribution is 5.82. The maximum atomic E-state index is 12.7. The van der Waals surface area contributed by atoms with Crippen LogP contribution in [-0.4, -0.2) is 79.7 Å². The molecule has 0 aromatic heterocycles. The number of benzene rings is 1. The van der Waals surface area contributed by atoms with E-state index in [1.807, 2.05) is 0 Å². The largest absolute Gasteiger partial charge is 0.463 e. The summed E-state index contributed by atoms with van der Waals surface area (Å²) < 4.78 is 31.4. The zero-order valence-corrected chi connectivity index (χ0v) is 21.3. The topological polar surface area (TPSA) is 182 Å². The summed E-state index contributed by atoms with van der Waals surface area (Å²) in [6.45, 7) is 3.33. The Morgan fingerprint density at radius 2 is 1.39 bits per heavy atom. The summed E-state index contributed by atoms with van der Waals surface area (Å²) in [5, 5.41) is 4.73. The summed E-state index contributed by atoms with van der Waals surface area (Å²) in [4.78, 5) is 71.5. The Hall–Kier alpha value is -4.20. The second-order valence-electron chi connectivity index (χ2n) is 8.11. The van der Waals surface area contributed by atoms with E-state index >= 15 is 0 Å². The maximum absolute atomic E-state index is 12.7. The minimum Gasteiger partial charge on any atom is -0.463 e. The number of hydrogen-bond acceptors (Lipinski definition) is 12. The predicted molar refractivity (Wildman–Crippen MR) is 125 cm³/mol. The molecule has 14 heteroatoms. The summed E-state index contributed by atoms with van der Waals surface area (Å²) >= 11 is 0. The first-order valence-corrected chi connectivity index (χ1v) is 11.5. The third-order valence-corrected chi connectivity index (χ3v) is 4.92. The fourth-order valence-electron chi connectivity index (χ4n) is 3.48. The van der Waals surface area contributed by atoms with Gasteiger partial charge >= 0.3 is 30.0 Å². The smallest absolute Gasteiger partial charge is 0.407 e. The van der Waals surface area contributed by atoms with Gasteiger partial charge < -0.3 is 39.1 Å². The number of carbonyl (C=O) groups is 6. The molecule has 2 amide bonds. The van der Waals surface area contributed by atoms with Gasteiger partial charge in [0.2, 0.25) is 12.2 Å². The van der Waals surface area contributed by atoms with Crippen LogP contribution in [0.25, 0.3) is 0 Å². The fraction of sp³-hybridized carbons (Fsp3) is 0.500. The minimum absolute atomic E-state index is 0.0262. The van der Waals surface area contributed by atoms with Crippen molar-refractivity contribution >= 4 is 35.9 Å². The Morgan fingerprint density at radius 1 is 0.789 bits per heavy atom. The summed E-state index contributed by atoms with van der Waals surface area (Å²) in [5.41, 5.74) is 0.736. The van der Waals surface area contributed by atoms with Crippen LogP contribution in [0.2, 0.25) is 0 Å². The van der Waals surface area contributed by atoms with Crippen LogP contribution < -0.4 is 10.6 Å². The normalized spacial score (nSPS) is 22.3. The number of esters is 4. The Kier molecular flexibility index (Phi) is 11.5. The quantitative estimate of drug-likeness (QED) is 0.303. The molecule has 0 aliphatic carbocycles. The molecule has 1 aromatic carbocycles. The molecule has 1 aliphatic heterocycles. The Balaban J connectivity index is 2.17. The molecule has 1 saturated heterocycles. The van der Waals surface area contributed by atoms with Crippen LogP contribution in [0, 0.1) is 0 Å². The van der Waals surface area contributed by atoms with Gasteiger partial charge in [0.15, 0.2) is 12.2 Å². The Morgan fingerprint density at radius 3 is 1.97 bits per heavy atom. The highest BCUT2D eigenvalue weighted by Gasteiger charge is 2.52. The molecule has 0 unspecified atom stereocenters. The summed E-state index contributed by atoms with van der Waals surface area (Å²) in [6.07, 6.45) is -6.44. The third-order valence-electron chi connectivity index (χ3n) is 4.92. The minimum atomic E-state index is -1.54. The van der Waals surface area contributed by atoms with Gasteiger partial charge in [0.1, 0.15) is 31.9 Å². The number of ether oxygens (including phenoxy) is 6. The summed E-state index contributed by atoms with van der Waals surface area (Å²) in [5.74, 6) is -3.89. The molecule has 38 heavy (non-hydrogen) atoms. The van der Waals surface area contributed by atoms with Crippen molar-refractivity contribution in [3.05, 3.63) is 35.9 Å². The van der Waals surface area contributed by atoms with Crippen molar-refractivity contribution in [1.29, 1.82) is 0 Å². The standard InChI is InChI=1S/C24H30N2O12/c1-13(27)33-12-18-21(35-14(2)28)22(36-15(3)29)20(23(38-18)37-16(4)30)26-19(31)10-25-24(32)34-11-17-8-6-5-7-9-17/h5-9,18,20-23H,10-12H2,1-4H3,(H,25,32)(H,26,31)/t18-,20+,21-,22-,23-/m1/s1. The zero-order valence-electron chi connectivity index (χ0n) is 21.3. The SMILES string of the molecule is CC(=O)OC[C@H]1O[C@@H](OC(C)=O)[C@@H](NC(=O)CNC(=O)OCc2ccccc2)[C@@H](OC(C)=O)[C@@H]1OC(C)=O. The van der Waals surface area contributed by atoms with Crippen molar-refractivity contribution in [3.63, 3.8) is 0 Å². The lowest BCUT2D eigenvalue weighted by atomic mass is 9.96. The first-order valence-electron chi connectivity index (χ1n) is 11.5. The third kappa shape index (κ3) is 10.0. The van der Waals surface area contributed by atoms with Crippen LogP contribution >= 0.6 is 0 Å². The van der Waals surface area contributed by atoms with Gasteiger partial charge in [-0.2, -0.15) is 0 Å². The number of hydrogen-bond donors (Lipinski definition) is 2. The molecule has 1 heterocycles. The highest BCUT2D eigenvalue weighted by Crippen LogP contribution is 2.28. The van der Waals surface area contributed by atoms with Gasteiger partial charge in [-0.15, -0.1) is 0 Å². The van der Waals surface area contributed by atoms with Gasteiger partial charge in [0.05, 0.1) is 0 Å². The van der Waals surface area contributed by atoms with Crippen LogP contribution in [0.5, 0.6) is 0 Å². The number of nitrogens with one attached hydrogen (secondary N) is 2. The van der Waals surface area contributed by atoms with Crippen LogP contribution in [0.15, 0.2) is 30.3 Å². The first-order chi connectivity index (χ1) is 18.0. The average molecular weight is 539 g/mol. The van der Waals surface area contributed by atoms with E-state index in [1.165, 1.54) is 0 Å². The molecule has 1 fully saturated rings. The highest BCUT2D eigenvalue weighted by atomic mass is 16.7. The average Bonchev–Trinajstić information content (AvgIpc) is 2.83. The van der Waals surface area contributed by atoms with Crippen LogP contribution in [0.1, 0.15) is 33.3 Å². The molecule has 2 rings (SSSR count). The van der Waals surface area contributed by atoms with E-state index in [0.717, 1.165) is 33.3 Å². The van der Waals surface area contributed by atoms with Crippen molar-refractivity contribution in [2.24, 2.45) is 0 Å². The van der Waals surface area contributed by atoms with Crippen LogP contribution in [-0.2, 0) is 59.0 Å². The molecule has 0 radical (unpaired) electrons. The first kappa shape index (κ1) is 30.0. The second kappa shape index (κ2) is 14.5. The second-order valence-corrected chi connectivity index (χ2v) is 8.11. The van der Waals surface area contributed by atoms with Crippen molar-refractivity contribution in [3.8, 4) is 0 Å². The molecular weight excluding hydrogens is 508 g/mol. The van der Waals surface area contributed by atoms with Gasteiger partial charge in [-0.3, -0.25) is 24.0 Å². The fourth-order valence-corrected chi connectivity index (χ4v) is 3.48. The van der Waals surface area contributed by atoms with Gasteiger partial charge in [0, 0.05) is 27.7 Å². The van der Waals surface area contributed by atoms with Crippen molar-refractivity contribution < 1.29 is 57.2 Å². The monoisotopic (exact) mass is 538 g/mol. The maximum Gasteiger partial charge on any atom is 0.407 e. The summed E-state index contributed by atoms with van der Waals surface area (Å²) in [7, 11) is 0. The predicted octanol–water partition coefficient (Wildman–Crippen LogP) is 0.112. The van der Waals surface area contributed by atoms with E-state index < -0.39 is 79.7 Å². The van der Waals surface area contributed by atoms with E-state index in [4.69, 9.17) is 28.4 Å². The van der Waals surface area contributed by atoms with Crippen molar-refractivity contribution in [1.82, 2.24) is 10.6 Å². The number of amides is 2. The Labute approximate surface area is 218 Å². The molecule has 1 aliphatic rings. The van der Waals surface area contributed by atoms with Gasteiger partial charge in [-0.05, 0) is 5.56 Å². The van der Waals surface area contributed by atoms with Crippen LogP contribution in [0.3, 0.4) is 0 Å². The molecule has 14 nitrogen and oxygen atoms in total. The number of alkyl carbamates (subject to hydrolysis) is 1. The van der Waals surface area contributed by atoms with E-state index in [1.54, 1.807) is 30.3 Å². The molecule has 208 valence electrons. The van der Waals surface area contributed by atoms with Crippen molar-refractivity contribution in [2.45, 2.75) is 64.9 Å². The van der Waals surface area contributed by atoms with E-state index in [9.17, 15) is 28.8 Å². The molecule has 1 aromatic rings.